The Bertz CT molecular complexity index is 964. The molecule has 28 heavy (non-hydrogen) atoms. The van der Waals surface area contributed by atoms with E-state index in [1.165, 1.54) is 6.07 Å². The maximum atomic E-state index is 14.5. The van der Waals surface area contributed by atoms with E-state index in [0.29, 0.717) is 12.1 Å². The second kappa shape index (κ2) is 8.46. The van der Waals surface area contributed by atoms with Crippen molar-refractivity contribution < 1.29 is 22.0 Å². The molecule has 2 nitrogen and oxygen atoms in total. The number of rotatable bonds is 6. The molecule has 1 aromatic heterocycles. The van der Waals surface area contributed by atoms with E-state index < -0.39 is 34.6 Å². The van der Waals surface area contributed by atoms with Crippen molar-refractivity contribution in [2.75, 3.05) is 0 Å². The number of nitrogens with zero attached hydrogens (tertiary/aromatic N) is 2. The summed E-state index contributed by atoms with van der Waals surface area (Å²) in [4.78, 5) is 8.17. The average Bonchev–Trinajstić information content (AvgIpc) is 2.69. The average molecular weight is 392 g/mol. The lowest BCUT2D eigenvalue weighted by molar-refractivity contribution is 0.447. The van der Waals surface area contributed by atoms with Gasteiger partial charge in [0.2, 0.25) is 0 Å². The summed E-state index contributed by atoms with van der Waals surface area (Å²) in [5, 5.41) is 0. The Kier molecular flexibility index (Phi) is 6.02. The summed E-state index contributed by atoms with van der Waals surface area (Å²) in [6, 6.07) is 3.59. The number of halogens is 5. The standard InChI is InChI=1S/C21H17F5N2/c1-2-3-4-5-12-10-27-21(28-11-12)15-7-6-14(18(24)19(15)25)13-8-16(22)20(26)17(23)9-13/h6-11H,2-5H2,1H3. The maximum absolute atomic E-state index is 14.5. The molecule has 0 bridgehead atoms. The zero-order valence-electron chi connectivity index (χ0n) is 15.1. The minimum Gasteiger partial charge on any atom is -0.236 e. The zero-order valence-corrected chi connectivity index (χ0v) is 15.1. The summed E-state index contributed by atoms with van der Waals surface area (Å²) in [5.41, 5.74) is 0.0122. The van der Waals surface area contributed by atoms with Crippen LogP contribution in [0.25, 0.3) is 22.5 Å². The Morgan fingerprint density at radius 3 is 1.93 bits per heavy atom. The van der Waals surface area contributed by atoms with Crippen molar-refractivity contribution in [1.29, 1.82) is 0 Å². The van der Waals surface area contributed by atoms with Crippen LogP contribution in [0.3, 0.4) is 0 Å². The van der Waals surface area contributed by atoms with Gasteiger partial charge in [0.25, 0.3) is 0 Å². The lowest BCUT2D eigenvalue weighted by atomic mass is 10.0. The van der Waals surface area contributed by atoms with Crippen molar-refractivity contribution in [3.8, 4) is 22.5 Å². The predicted octanol–water partition coefficient (Wildman–Crippen LogP) is 6.24. The molecule has 0 saturated carbocycles. The van der Waals surface area contributed by atoms with Gasteiger partial charge in [-0.2, -0.15) is 0 Å². The van der Waals surface area contributed by atoms with Crippen molar-refractivity contribution >= 4 is 0 Å². The van der Waals surface area contributed by atoms with Gasteiger partial charge >= 0.3 is 0 Å². The highest BCUT2D eigenvalue weighted by atomic mass is 19.2. The molecule has 0 atom stereocenters. The predicted molar refractivity (Wildman–Crippen MR) is 95.9 cm³/mol. The minimum absolute atomic E-state index is 0.00124. The molecule has 0 saturated heterocycles. The molecule has 0 aliphatic rings. The van der Waals surface area contributed by atoms with Gasteiger partial charge in [-0.25, -0.2) is 31.9 Å². The normalized spacial score (nSPS) is 11.1. The number of hydrogen-bond acceptors (Lipinski definition) is 2. The molecule has 146 valence electrons. The number of aromatic nitrogens is 2. The Morgan fingerprint density at radius 2 is 1.32 bits per heavy atom. The van der Waals surface area contributed by atoms with Crippen molar-refractivity contribution in [2.45, 2.75) is 32.6 Å². The fraction of sp³-hybridized carbons (Fsp3) is 0.238. The Labute approximate surface area is 159 Å². The molecule has 1 heterocycles. The first-order valence-electron chi connectivity index (χ1n) is 8.86. The van der Waals surface area contributed by atoms with E-state index in [4.69, 9.17) is 0 Å². The van der Waals surface area contributed by atoms with Crippen LogP contribution in [0.4, 0.5) is 22.0 Å². The third-order valence-corrected chi connectivity index (χ3v) is 4.39. The van der Waals surface area contributed by atoms with Gasteiger partial charge in [0.1, 0.15) is 0 Å². The first-order valence-corrected chi connectivity index (χ1v) is 8.86. The van der Waals surface area contributed by atoms with Gasteiger partial charge in [0, 0.05) is 18.0 Å². The molecule has 0 unspecified atom stereocenters. The smallest absolute Gasteiger partial charge is 0.194 e. The summed E-state index contributed by atoms with van der Waals surface area (Å²) < 4.78 is 68.9. The van der Waals surface area contributed by atoms with Crippen LogP contribution >= 0.6 is 0 Å². The van der Waals surface area contributed by atoms with Gasteiger partial charge in [0.05, 0.1) is 5.56 Å². The van der Waals surface area contributed by atoms with E-state index in [-0.39, 0.29) is 17.0 Å². The van der Waals surface area contributed by atoms with E-state index in [9.17, 15) is 22.0 Å². The van der Waals surface area contributed by atoms with Gasteiger partial charge in [-0.3, -0.25) is 0 Å². The molecule has 7 heteroatoms. The first-order chi connectivity index (χ1) is 13.4. The van der Waals surface area contributed by atoms with E-state index in [2.05, 4.69) is 16.9 Å². The molecule has 0 N–H and O–H groups in total. The van der Waals surface area contributed by atoms with Crippen LogP contribution in [0.15, 0.2) is 36.7 Å². The molecule has 0 aliphatic heterocycles. The molecule has 0 spiro atoms. The number of aryl methyl sites for hydroxylation is 1. The molecule has 0 amide bonds. The number of benzene rings is 2. The molecule has 3 aromatic rings. The van der Waals surface area contributed by atoms with Crippen molar-refractivity contribution in [3.63, 3.8) is 0 Å². The Hall–Kier alpha value is -2.83. The van der Waals surface area contributed by atoms with Gasteiger partial charge in [0.15, 0.2) is 34.9 Å². The fourth-order valence-corrected chi connectivity index (χ4v) is 2.86. The third kappa shape index (κ3) is 4.03. The summed E-state index contributed by atoms with van der Waals surface area (Å²) in [6.07, 6.45) is 7.07. The van der Waals surface area contributed by atoms with Crippen molar-refractivity contribution in [1.82, 2.24) is 9.97 Å². The Morgan fingerprint density at radius 1 is 0.750 bits per heavy atom. The van der Waals surface area contributed by atoms with Crippen LogP contribution in [0.5, 0.6) is 0 Å². The summed E-state index contributed by atoms with van der Waals surface area (Å²) in [5.74, 6) is -7.21. The number of hydrogen-bond donors (Lipinski definition) is 0. The molecule has 3 rings (SSSR count). The fourth-order valence-electron chi connectivity index (χ4n) is 2.86. The topological polar surface area (TPSA) is 25.8 Å². The maximum Gasteiger partial charge on any atom is 0.194 e. The first kappa shape index (κ1) is 19.9. The third-order valence-electron chi connectivity index (χ3n) is 4.39. The van der Waals surface area contributed by atoms with E-state index in [0.717, 1.165) is 37.3 Å². The highest BCUT2D eigenvalue weighted by molar-refractivity contribution is 5.69. The van der Waals surface area contributed by atoms with E-state index >= 15 is 0 Å². The molecule has 0 fully saturated rings. The molecular formula is C21H17F5N2. The second-order valence-electron chi connectivity index (χ2n) is 6.41. The van der Waals surface area contributed by atoms with Crippen LogP contribution in [0.2, 0.25) is 0 Å². The quantitative estimate of drug-likeness (QED) is 0.282. The lowest BCUT2D eigenvalue weighted by Crippen LogP contribution is -1.99. The number of unbranched alkanes of at least 4 members (excludes halogenated alkanes) is 2. The van der Waals surface area contributed by atoms with Crippen molar-refractivity contribution in [2.24, 2.45) is 0 Å². The molecule has 0 radical (unpaired) electrons. The van der Waals surface area contributed by atoms with Gasteiger partial charge in [-0.15, -0.1) is 0 Å². The second-order valence-corrected chi connectivity index (χ2v) is 6.41. The molecule has 2 aromatic carbocycles. The minimum atomic E-state index is -1.67. The molecular weight excluding hydrogens is 375 g/mol. The zero-order chi connectivity index (χ0) is 20.3. The van der Waals surface area contributed by atoms with Gasteiger partial charge in [-0.1, -0.05) is 25.8 Å². The van der Waals surface area contributed by atoms with Crippen LogP contribution in [0, 0.1) is 29.1 Å². The summed E-state index contributed by atoms with van der Waals surface area (Å²) in [6.45, 7) is 2.09. The van der Waals surface area contributed by atoms with Crippen LogP contribution < -0.4 is 0 Å². The SMILES string of the molecule is CCCCCc1cnc(-c2ccc(-c3cc(F)c(F)c(F)c3)c(F)c2F)nc1. The van der Waals surface area contributed by atoms with E-state index in [1.54, 1.807) is 12.4 Å². The lowest BCUT2D eigenvalue weighted by Gasteiger charge is -2.09. The molecule has 0 aliphatic carbocycles. The van der Waals surface area contributed by atoms with Crippen LogP contribution in [-0.4, -0.2) is 9.97 Å². The van der Waals surface area contributed by atoms with Crippen molar-refractivity contribution in [3.05, 3.63) is 71.3 Å². The Balaban J connectivity index is 1.92. The summed E-state index contributed by atoms with van der Waals surface area (Å²) in [7, 11) is 0. The van der Waals surface area contributed by atoms with Crippen LogP contribution in [-0.2, 0) is 6.42 Å². The van der Waals surface area contributed by atoms with Gasteiger partial charge in [-0.05, 0) is 42.2 Å². The van der Waals surface area contributed by atoms with Crippen LogP contribution in [0.1, 0.15) is 31.7 Å². The highest BCUT2D eigenvalue weighted by Gasteiger charge is 2.20. The highest BCUT2D eigenvalue weighted by Crippen LogP contribution is 2.31. The van der Waals surface area contributed by atoms with E-state index in [1.807, 2.05) is 0 Å². The largest absolute Gasteiger partial charge is 0.236 e. The van der Waals surface area contributed by atoms with Gasteiger partial charge < -0.3 is 0 Å². The summed E-state index contributed by atoms with van der Waals surface area (Å²) >= 11 is 0. The monoisotopic (exact) mass is 392 g/mol.